The summed E-state index contributed by atoms with van der Waals surface area (Å²) >= 11 is 0. The van der Waals surface area contributed by atoms with Crippen molar-refractivity contribution in [2.75, 3.05) is 42.5 Å². The van der Waals surface area contributed by atoms with Gasteiger partial charge < -0.3 is 58.0 Å². The Labute approximate surface area is 375 Å². The monoisotopic (exact) mass is 885 g/mol. The number of methoxy groups -OCH3 is 4. The molecule has 0 aromatic heterocycles. The molecule has 0 bridgehead atoms. The Morgan fingerprint density at radius 3 is 2.21 bits per heavy atom. The van der Waals surface area contributed by atoms with Gasteiger partial charge in [-0.25, -0.2) is 0 Å². The molecule has 354 valence electrons. The summed E-state index contributed by atoms with van der Waals surface area (Å²) in [5.41, 5.74) is 1.66. The van der Waals surface area contributed by atoms with Gasteiger partial charge in [0.2, 0.25) is 0 Å². The van der Waals surface area contributed by atoms with Gasteiger partial charge in [0.05, 0.1) is 44.1 Å². The zero-order valence-corrected chi connectivity index (χ0v) is 39.3. The molecule has 19 atom stereocenters. The van der Waals surface area contributed by atoms with Crippen molar-refractivity contribution in [3.63, 3.8) is 0 Å². The lowest BCUT2D eigenvalue weighted by Crippen LogP contribution is -2.59. The van der Waals surface area contributed by atoms with Crippen LogP contribution in [0.1, 0.15) is 91.0 Å². The van der Waals surface area contributed by atoms with E-state index in [2.05, 4.69) is 37.3 Å². The molecular formula is C49H76N2O12. The number of allylic oxidation sites excluding steroid dienone is 2. The highest BCUT2D eigenvalue weighted by Gasteiger charge is 2.59. The maximum absolute atomic E-state index is 15.1. The molecule has 3 heterocycles. The molecule has 3 aliphatic carbocycles. The average Bonchev–Trinajstić information content (AvgIpc) is 3.86. The van der Waals surface area contributed by atoms with Gasteiger partial charge in [0.1, 0.15) is 30.2 Å². The molecule has 7 rings (SSSR count). The van der Waals surface area contributed by atoms with Crippen molar-refractivity contribution in [3.8, 4) is 5.75 Å². The molecule has 1 aromatic rings. The molecule has 6 aliphatic rings. The third-order valence-electron chi connectivity index (χ3n) is 15.6. The van der Waals surface area contributed by atoms with Crippen LogP contribution in [0.4, 0.5) is 0 Å². The first kappa shape index (κ1) is 48.4. The summed E-state index contributed by atoms with van der Waals surface area (Å²) in [6.45, 7) is 8.57. The van der Waals surface area contributed by atoms with Crippen LogP contribution in [0.15, 0.2) is 35.9 Å². The summed E-state index contributed by atoms with van der Waals surface area (Å²) in [4.78, 5) is 31.3. The SMILES string of the molecule is CC[C@H]1CCC[C@H](O[C@H]2CC[C@H](N(C)C)C(C)O2)[C@@H](C)C(=O)C2=C[C@H]3[C@@H]4C[C@H](O[C@@H]5OC(C)[C@H](OC)[C@@H](OC)C5OC)C[C@H]4[C@H](NCc4ccc(OC)cc4)[C@@H](O)[C@H]3[C@@H]2CC(=O)O1. The Morgan fingerprint density at radius 2 is 1.56 bits per heavy atom. The Hall–Kier alpha value is -2.50. The largest absolute Gasteiger partial charge is 0.497 e. The lowest BCUT2D eigenvalue weighted by atomic mass is 9.62. The van der Waals surface area contributed by atoms with E-state index in [1.807, 2.05) is 45.0 Å². The summed E-state index contributed by atoms with van der Waals surface area (Å²) in [6.07, 6.45) is 3.46. The number of nitrogens with zero attached hydrogens (tertiary/aromatic N) is 1. The number of ketones is 1. The van der Waals surface area contributed by atoms with E-state index in [4.69, 9.17) is 42.6 Å². The topological polar surface area (TPSA) is 153 Å². The van der Waals surface area contributed by atoms with Crippen molar-refractivity contribution in [1.29, 1.82) is 0 Å². The molecule has 0 radical (unpaired) electrons. The smallest absolute Gasteiger partial charge is 0.306 e. The zero-order chi connectivity index (χ0) is 45.1. The summed E-state index contributed by atoms with van der Waals surface area (Å²) in [5.74, 6) is -1.15. The molecule has 1 aromatic carbocycles. The maximum Gasteiger partial charge on any atom is 0.306 e. The highest BCUT2D eigenvalue weighted by Crippen LogP contribution is 2.57. The van der Waals surface area contributed by atoms with Crippen molar-refractivity contribution in [2.45, 2.75) is 172 Å². The van der Waals surface area contributed by atoms with Crippen LogP contribution in [-0.2, 0) is 54.0 Å². The molecule has 14 nitrogen and oxygen atoms in total. The second kappa shape index (κ2) is 21.4. The fourth-order valence-electron chi connectivity index (χ4n) is 12.3. The number of rotatable bonds is 13. The predicted octanol–water partition coefficient (Wildman–Crippen LogP) is 5.46. The number of aliphatic hydroxyl groups is 1. The van der Waals surface area contributed by atoms with Crippen molar-refractivity contribution in [2.24, 2.45) is 35.5 Å². The van der Waals surface area contributed by atoms with E-state index in [1.165, 1.54) is 0 Å². The van der Waals surface area contributed by atoms with Gasteiger partial charge in [-0.15, -0.1) is 0 Å². The van der Waals surface area contributed by atoms with Crippen LogP contribution in [0.3, 0.4) is 0 Å². The first-order chi connectivity index (χ1) is 30.3. The van der Waals surface area contributed by atoms with E-state index in [0.29, 0.717) is 50.3 Å². The number of aliphatic hydroxyl groups excluding tert-OH is 1. The fraction of sp³-hybridized carbons (Fsp3) is 0.796. The van der Waals surface area contributed by atoms with Gasteiger partial charge in [0.15, 0.2) is 18.4 Å². The highest BCUT2D eigenvalue weighted by molar-refractivity contribution is 5.99. The zero-order valence-electron chi connectivity index (χ0n) is 39.3. The van der Waals surface area contributed by atoms with Crippen LogP contribution >= 0.6 is 0 Å². The quantitative estimate of drug-likeness (QED) is 0.241. The summed E-state index contributed by atoms with van der Waals surface area (Å²) < 4.78 is 55.7. The number of carbonyl (C=O) groups is 2. The van der Waals surface area contributed by atoms with Gasteiger partial charge in [-0.1, -0.05) is 32.1 Å². The molecule has 3 aliphatic heterocycles. The maximum atomic E-state index is 15.1. The van der Waals surface area contributed by atoms with Crippen molar-refractivity contribution >= 4 is 11.8 Å². The van der Waals surface area contributed by atoms with Crippen LogP contribution in [0, 0.1) is 35.5 Å². The Morgan fingerprint density at radius 1 is 0.841 bits per heavy atom. The van der Waals surface area contributed by atoms with Gasteiger partial charge in [0.25, 0.3) is 0 Å². The van der Waals surface area contributed by atoms with Crippen LogP contribution in [0.5, 0.6) is 5.75 Å². The van der Waals surface area contributed by atoms with Crippen molar-refractivity contribution < 1.29 is 57.3 Å². The van der Waals surface area contributed by atoms with Gasteiger partial charge in [-0.05, 0) is 120 Å². The van der Waals surface area contributed by atoms with E-state index >= 15 is 4.79 Å². The first-order valence-electron chi connectivity index (χ1n) is 23.7. The van der Waals surface area contributed by atoms with Gasteiger partial charge >= 0.3 is 5.97 Å². The van der Waals surface area contributed by atoms with E-state index in [0.717, 1.165) is 30.6 Å². The van der Waals surface area contributed by atoms with Gasteiger partial charge in [-0.2, -0.15) is 0 Å². The fourth-order valence-corrected chi connectivity index (χ4v) is 12.3. The molecule has 2 N–H and O–H groups in total. The number of hydrogen-bond donors (Lipinski definition) is 2. The number of ether oxygens (including phenoxy) is 9. The number of carbonyl (C=O) groups excluding carboxylic acids is 2. The Kier molecular flexibility index (Phi) is 16.5. The number of benzene rings is 1. The van der Waals surface area contributed by atoms with E-state index in [9.17, 15) is 9.90 Å². The normalized spacial score (nSPS) is 42.3. The minimum absolute atomic E-state index is 0.00810. The molecule has 3 unspecified atom stereocenters. The van der Waals surface area contributed by atoms with Crippen molar-refractivity contribution in [1.82, 2.24) is 10.2 Å². The van der Waals surface area contributed by atoms with E-state index in [1.54, 1.807) is 28.4 Å². The van der Waals surface area contributed by atoms with Gasteiger partial charge in [0, 0.05) is 57.7 Å². The standard InChI is InChI=1S/C49H76N2O12/c1-11-30-13-12-14-39(63-41-20-19-38(51(5)6)27(3)59-41)26(2)44(53)37-23-34-33-21-32(62-49-48(58-10)47(57-9)46(56-8)28(4)60-49)22-36(33)43(45(54)42(34)35(37)24-40(52)61-30)50-25-29-15-17-31(55-7)18-16-29/h15-18,23,26-28,30,32-36,38-39,41-43,45-50,54H,11-14,19-22,24-25H2,1-10H3/t26-,27?,28?,30+,32+,33+,34+,35-,36-,38+,39+,41+,42-,43+,45+,46+,47-,48?,49+/m1/s1. The summed E-state index contributed by atoms with van der Waals surface area (Å²) in [5, 5.41) is 16.5. The first-order valence-corrected chi connectivity index (χ1v) is 23.7. The number of esters is 1. The number of cyclic esters (lactones) is 1. The van der Waals surface area contributed by atoms with Crippen molar-refractivity contribution in [3.05, 3.63) is 41.5 Å². The molecule has 3 saturated heterocycles. The van der Waals surface area contributed by atoms with E-state index < -0.39 is 48.6 Å². The Bertz CT molecular complexity index is 1690. The number of Topliss-reactive ketones (excluding diaryl/α,β-unsaturated/α-hetero) is 1. The predicted molar refractivity (Wildman–Crippen MR) is 235 cm³/mol. The second-order valence-corrected chi connectivity index (χ2v) is 19.4. The molecule has 14 heteroatoms. The summed E-state index contributed by atoms with van der Waals surface area (Å²) in [6, 6.07) is 7.86. The molecular weight excluding hydrogens is 809 g/mol. The highest BCUT2D eigenvalue weighted by atomic mass is 16.7. The lowest BCUT2D eigenvalue weighted by Gasteiger charge is -2.47. The van der Waals surface area contributed by atoms with Crippen LogP contribution < -0.4 is 10.1 Å². The molecule has 0 amide bonds. The third-order valence-corrected chi connectivity index (χ3v) is 15.6. The van der Waals surface area contributed by atoms with Crippen LogP contribution in [-0.4, -0.2) is 144 Å². The van der Waals surface area contributed by atoms with E-state index in [-0.39, 0.29) is 78.6 Å². The number of likely N-dealkylation sites (N-methyl/N-ethyl adjacent to an activating group) is 1. The molecule has 63 heavy (non-hydrogen) atoms. The van der Waals surface area contributed by atoms with Crippen LogP contribution in [0.2, 0.25) is 0 Å². The number of nitrogens with one attached hydrogen (secondary N) is 1. The Balaban J connectivity index is 1.19. The third kappa shape index (κ3) is 10.4. The number of fused-ring (bicyclic) bond motifs is 5. The summed E-state index contributed by atoms with van der Waals surface area (Å²) in [7, 11) is 10.7. The number of hydrogen-bond acceptors (Lipinski definition) is 14. The van der Waals surface area contributed by atoms with Gasteiger partial charge in [-0.3, -0.25) is 9.59 Å². The average molecular weight is 885 g/mol. The minimum atomic E-state index is -0.871. The molecule has 5 fully saturated rings. The second-order valence-electron chi connectivity index (χ2n) is 19.4. The molecule has 2 saturated carbocycles. The molecule has 0 spiro atoms. The lowest BCUT2D eigenvalue weighted by molar-refractivity contribution is -0.314. The minimum Gasteiger partial charge on any atom is -0.497 e. The van der Waals surface area contributed by atoms with Crippen LogP contribution in [0.25, 0.3) is 0 Å².